The maximum atomic E-state index is 13.0. The Kier molecular flexibility index (Phi) is 6.19. The summed E-state index contributed by atoms with van der Waals surface area (Å²) in [7, 11) is 1.75. The van der Waals surface area contributed by atoms with Gasteiger partial charge >= 0.3 is 0 Å². The highest BCUT2D eigenvalue weighted by atomic mass is 32.1. The van der Waals surface area contributed by atoms with Crippen LogP contribution in [0.5, 0.6) is 0 Å². The van der Waals surface area contributed by atoms with E-state index in [4.69, 9.17) is 9.72 Å². The molecule has 33 heavy (non-hydrogen) atoms. The van der Waals surface area contributed by atoms with Gasteiger partial charge in [0.1, 0.15) is 5.69 Å². The molecular weight excluding hydrogens is 434 g/mol. The van der Waals surface area contributed by atoms with Crippen LogP contribution in [0.1, 0.15) is 34.2 Å². The largest absolute Gasteiger partial charge is 0.380 e. The number of carbonyl (C=O) groups excluding carboxylic acids is 1. The molecule has 3 aromatic heterocycles. The van der Waals surface area contributed by atoms with Gasteiger partial charge in [0.25, 0.3) is 5.91 Å². The summed E-state index contributed by atoms with van der Waals surface area (Å²) in [5.41, 5.74) is 3.77. The van der Waals surface area contributed by atoms with Crippen LogP contribution in [0.2, 0.25) is 0 Å². The van der Waals surface area contributed by atoms with Crippen molar-refractivity contribution in [1.29, 1.82) is 0 Å². The zero-order valence-corrected chi connectivity index (χ0v) is 19.1. The van der Waals surface area contributed by atoms with Gasteiger partial charge in [-0.2, -0.15) is 0 Å². The van der Waals surface area contributed by atoms with Crippen molar-refractivity contribution in [1.82, 2.24) is 14.5 Å². The molecule has 4 aromatic rings. The van der Waals surface area contributed by atoms with Crippen LogP contribution in [-0.2, 0) is 11.3 Å². The lowest BCUT2D eigenvalue weighted by atomic mass is 10.1. The van der Waals surface area contributed by atoms with Crippen LogP contribution in [0.25, 0.3) is 0 Å². The number of rotatable bonds is 7. The van der Waals surface area contributed by atoms with E-state index in [0.29, 0.717) is 17.4 Å². The number of thiazole rings is 1. The maximum absolute atomic E-state index is 13.0. The Hall–Kier alpha value is -3.49. The molecule has 8 heteroatoms. The zero-order valence-electron chi connectivity index (χ0n) is 18.3. The van der Waals surface area contributed by atoms with Crippen LogP contribution in [-0.4, -0.2) is 40.2 Å². The molecule has 2 atom stereocenters. The quantitative estimate of drug-likeness (QED) is 0.437. The van der Waals surface area contributed by atoms with Crippen molar-refractivity contribution in [2.24, 2.45) is 0 Å². The van der Waals surface area contributed by atoms with Gasteiger partial charge in [-0.25, -0.2) is 4.98 Å². The highest BCUT2D eigenvalue weighted by molar-refractivity contribution is 7.14. The lowest BCUT2D eigenvalue weighted by Gasteiger charge is -2.25. The van der Waals surface area contributed by atoms with E-state index < -0.39 is 0 Å². The highest BCUT2D eigenvalue weighted by Crippen LogP contribution is 2.38. The number of anilines is 2. The Balaban J connectivity index is 1.31. The maximum Gasteiger partial charge on any atom is 0.274 e. The summed E-state index contributed by atoms with van der Waals surface area (Å²) in [5.74, 6) is -0.170. The molecule has 1 amide bonds. The molecule has 4 heterocycles. The first-order valence-corrected chi connectivity index (χ1v) is 11.7. The number of carbonyl (C=O) groups is 1. The van der Waals surface area contributed by atoms with Crippen LogP contribution in [0.4, 0.5) is 10.8 Å². The highest BCUT2D eigenvalue weighted by Gasteiger charge is 2.35. The van der Waals surface area contributed by atoms with Gasteiger partial charge in [0.05, 0.1) is 17.8 Å². The summed E-state index contributed by atoms with van der Waals surface area (Å²) >= 11 is 1.45. The first-order chi connectivity index (χ1) is 16.2. The molecule has 0 unspecified atom stereocenters. The van der Waals surface area contributed by atoms with E-state index in [1.165, 1.54) is 11.3 Å². The Morgan fingerprint density at radius 3 is 2.76 bits per heavy atom. The van der Waals surface area contributed by atoms with E-state index in [2.05, 4.69) is 27.3 Å². The molecule has 1 fully saturated rings. The van der Waals surface area contributed by atoms with Gasteiger partial charge in [0.2, 0.25) is 0 Å². The molecule has 5 rings (SSSR count). The summed E-state index contributed by atoms with van der Waals surface area (Å²) in [4.78, 5) is 24.1. The van der Waals surface area contributed by atoms with E-state index in [-0.39, 0.29) is 18.1 Å². The molecule has 168 valence electrons. The molecule has 0 bridgehead atoms. The van der Waals surface area contributed by atoms with Crippen molar-refractivity contribution in [2.45, 2.75) is 25.1 Å². The predicted molar refractivity (Wildman–Crippen MR) is 130 cm³/mol. The van der Waals surface area contributed by atoms with E-state index in [1.807, 2.05) is 58.6 Å². The minimum atomic E-state index is -0.170. The minimum absolute atomic E-state index is 0.106. The third-order valence-electron chi connectivity index (χ3n) is 5.93. The summed E-state index contributed by atoms with van der Waals surface area (Å²) in [6, 6.07) is 18.0. The number of para-hydroxylation sites is 1. The standard InChI is InChI=1S/C25H25N5O2S/c1-32-20-14-23(30(16-20)19-6-3-2-4-7-19)21-17-33-25(27-21)28-24(31)22-8-5-13-29(22)15-18-9-11-26-12-10-18/h2-13,17,20,23H,14-16H2,1H3,(H,27,28,31)/t20-,23+/m0/s1. The number of amides is 1. The third kappa shape index (κ3) is 4.67. The molecule has 0 spiro atoms. The average Bonchev–Trinajstić information content (AvgIpc) is 3.60. The smallest absolute Gasteiger partial charge is 0.274 e. The van der Waals surface area contributed by atoms with Gasteiger partial charge < -0.3 is 14.2 Å². The summed E-state index contributed by atoms with van der Waals surface area (Å²) in [6.07, 6.45) is 6.42. The number of nitrogens with zero attached hydrogens (tertiary/aromatic N) is 4. The second-order valence-corrected chi connectivity index (χ2v) is 8.86. The molecule has 1 saturated heterocycles. The number of pyridine rings is 1. The number of nitrogens with one attached hydrogen (secondary N) is 1. The number of aromatic nitrogens is 3. The van der Waals surface area contributed by atoms with Crippen LogP contribution in [0.3, 0.4) is 0 Å². The molecule has 0 aliphatic carbocycles. The van der Waals surface area contributed by atoms with Gasteiger partial charge in [-0.3, -0.25) is 15.1 Å². The van der Waals surface area contributed by atoms with Crippen LogP contribution in [0, 0.1) is 0 Å². The minimum Gasteiger partial charge on any atom is -0.380 e. The van der Waals surface area contributed by atoms with E-state index in [0.717, 1.165) is 29.9 Å². The fraction of sp³-hybridized carbons (Fsp3) is 0.240. The molecule has 0 saturated carbocycles. The molecule has 0 radical (unpaired) electrons. The van der Waals surface area contributed by atoms with Crippen molar-refractivity contribution in [3.8, 4) is 0 Å². The lowest BCUT2D eigenvalue weighted by Crippen LogP contribution is -2.24. The molecule has 1 aliphatic rings. The molecule has 1 aromatic carbocycles. The van der Waals surface area contributed by atoms with Gasteiger partial charge in [0.15, 0.2) is 5.13 Å². The van der Waals surface area contributed by atoms with Crippen LogP contribution < -0.4 is 10.2 Å². The van der Waals surface area contributed by atoms with Gasteiger partial charge in [-0.1, -0.05) is 18.2 Å². The Morgan fingerprint density at radius 1 is 1.15 bits per heavy atom. The number of ether oxygens (including phenoxy) is 1. The van der Waals surface area contributed by atoms with E-state index in [9.17, 15) is 4.79 Å². The monoisotopic (exact) mass is 459 g/mol. The second-order valence-electron chi connectivity index (χ2n) is 8.01. The van der Waals surface area contributed by atoms with Crippen molar-refractivity contribution in [3.63, 3.8) is 0 Å². The van der Waals surface area contributed by atoms with Gasteiger partial charge in [-0.15, -0.1) is 11.3 Å². The van der Waals surface area contributed by atoms with Crippen LogP contribution in [0.15, 0.2) is 78.6 Å². The number of methoxy groups -OCH3 is 1. The normalized spacial score (nSPS) is 17.9. The Morgan fingerprint density at radius 2 is 1.97 bits per heavy atom. The average molecular weight is 460 g/mol. The SMILES string of the molecule is CO[C@H]1C[C@H](c2csc(NC(=O)c3cccn3Cc3ccncc3)n2)N(c2ccccc2)C1. The Labute approximate surface area is 196 Å². The van der Waals surface area contributed by atoms with Crippen molar-refractivity contribution in [2.75, 3.05) is 23.9 Å². The fourth-order valence-corrected chi connectivity index (χ4v) is 5.01. The zero-order chi connectivity index (χ0) is 22.6. The molecule has 1 N–H and O–H groups in total. The van der Waals surface area contributed by atoms with Crippen molar-refractivity contribution < 1.29 is 9.53 Å². The second kappa shape index (κ2) is 9.56. The fourth-order valence-electron chi connectivity index (χ4n) is 4.25. The molecule has 7 nitrogen and oxygen atoms in total. The summed E-state index contributed by atoms with van der Waals surface area (Å²) in [6.45, 7) is 1.42. The number of benzene rings is 1. The first-order valence-electron chi connectivity index (χ1n) is 10.9. The van der Waals surface area contributed by atoms with Crippen LogP contribution >= 0.6 is 11.3 Å². The Bertz CT molecular complexity index is 1210. The molecular formula is C25H25N5O2S. The molecule has 1 aliphatic heterocycles. The topological polar surface area (TPSA) is 72.3 Å². The first kappa shape index (κ1) is 21.4. The van der Waals surface area contributed by atoms with E-state index in [1.54, 1.807) is 19.5 Å². The number of hydrogen-bond acceptors (Lipinski definition) is 6. The summed E-state index contributed by atoms with van der Waals surface area (Å²) in [5, 5.41) is 5.61. The third-order valence-corrected chi connectivity index (χ3v) is 6.71. The van der Waals surface area contributed by atoms with E-state index >= 15 is 0 Å². The van der Waals surface area contributed by atoms with Crippen molar-refractivity contribution >= 4 is 28.1 Å². The predicted octanol–water partition coefficient (Wildman–Crippen LogP) is 4.61. The summed E-state index contributed by atoms with van der Waals surface area (Å²) < 4.78 is 7.58. The number of hydrogen-bond donors (Lipinski definition) is 1. The van der Waals surface area contributed by atoms with Crippen molar-refractivity contribution in [3.05, 3.63) is 95.5 Å². The lowest BCUT2D eigenvalue weighted by molar-refractivity contribution is 0.101. The van der Waals surface area contributed by atoms with Gasteiger partial charge in [0, 0.05) is 56.3 Å². The van der Waals surface area contributed by atoms with Gasteiger partial charge in [-0.05, 0) is 42.0 Å².